The van der Waals surface area contributed by atoms with Crippen LogP contribution in [0.3, 0.4) is 0 Å². The third-order valence-corrected chi connectivity index (χ3v) is 5.32. The second kappa shape index (κ2) is 12.8. The van der Waals surface area contributed by atoms with Crippen LogP contribution in [0.25, 0.3) is 0 Å². The van der Waals surface area contributed by atoms with Gasteiger partial charge in [0.15, 0.2) is 0 Å². The van der Waals surface area contributed by atoms with Gasteiger partial charge in [-0.1, -0.05) is 0 Å². The van der Waals surface area contributed by atoms with Crippen LogP contribution in [0.4, 0.5) is 0 Å². The molecule has 1 aromatic carbocycles. The van der Waals surface area contributed by atoms with Crippen LogP contribution in [0.15, 0.2) is 40.9 Å². The first kappa shape index (κ1) is 18.1. The second-order valence-corrected chi connectivity index (χ2v) is 7.58. The summed E-state index contributed by atoms with van der Waals surface area (Å²) < 4.78 is 2.78. The van der Waals surface area contributed by atoms with Crippen molar-refractivity contribution < 1.29 is 0 Å². The molecule has 1 heteroatoms. The van der Waals surface area contributed by atoms with Gasteiger partial charge in [-0.05, 0) is 0 Å². The fourth-order valence-corrected chi connectivity index (χ4v) is 3.79. The molecule has 0 aliphatic rings. The number of hydrogen-bond donors (Lipinski definition) is 0. The Kier molecular flexibility index (Phi) is 11.0. The van der Waals surface area contributed by atoms with Crippen molar-refractivity contribution in [3.05, 3.63) is 40.9 Å². The summed E-state index contributed by atoms with van der Waals surface area (Å²) in [5.74, 6) is 6.83. The topological polar surface area (TPSA) is 0 Å². The molecule has 0 atom stereocenters. The molecule has 0 unspecified atom stereocenters. The van der Waals surface area contributed by atoms with Crippen LogP contribution in [0.2, 0.25) is 0 Å². The number of rotatable bonds is 9. The molecule has 0 heterocycles. The maximum atomic E-state index is 3.44. The van der Waals surface area contributed by atoms with Gasteiger partial charge in [0, 0.05) is 0 Å². The molecule has 114 valence electrons. The van der Waals surface area contributed by atoms with E-state index in [1.807, 2.05) is 0 Å². The zero-order chi connectivity index (χ0) is 15.2. The van der Waals surface area contributed by atoms with Gasteiger partial charge in [-0.15, -0.1) is 0 Å². The molecular weight excluding hydrogens is 319 g/mol. The zero-order valence-electron chi connectivity index (χ0n) is 13.5. The molecule has 0 amide bonds. The van der Waals surface area contributed by atoms with Crippen LogP contribution in [0.1, 0.15) is 65.2 Å². The van der Waals surface area contributed by atoms with E-state index in [9.17, 15) is 0 Å². The molecule has 0 spiro atoms. The van der Waals surface area contributed by atoms with Gasteiger partial charge in [-0.2, -0.15) is 0 Å². The minimum atomic E-state index is 0.366. The third kappa shape index (κ3) is 9.57. The van der Waals surface area contributed by atoms with E-state index in [1.54, 1.807) is 0 Å². The van der Waals surface area contributed by atoms with E-state index >= 15 is 0 Å². The zero-order valence-corrected chi connectivity index (χ0v) is 15.2. The molecule has 0 aliphatic carbocycles. The Morgan fingerprint density at radius 3 is 2.48 bits per heavy atom. The van der Waals surface area contributed by atoms with Crippen LogP contribution >= 0.6 is 0 Å². The monoisotopic (exact) mass is 348 g/mol. The number of allylic oxidation sites excluding steroid dienone is 2. The number of hydrogen-bond acceptors (Lipinski definition) is 0. The van der Waals surface area contributed by atoms with Crippen molar-refractivity contribution in [3.8, 4) is 11.8 Å². The summed E-state index contributed by atoms with van der Waals surface area (Å²) in [5.41, 5.74) is 0. The van der Waals surface area contributed by atoms with Crippen molar-refractivity contribution in [2.45, 2.75) is 65.2 Å². The third-order valence-electron chi connectivity index (χ3n) is 3.23. The van der Waals surface area contributed by atoms with Gasteiger partial charge in [0.1, 0.15) is 0 Å². The molecule has 1 aromatic rings. The molecule has 21 heavy (non-hydrogen) atoms. The Morgan fingerprint density at radius 2 is 1.76 bits per heavy atom. The Balaban J connectivity index is 2.52. The van der Waals surface area contributed by atoms with E-state index in [1.165, 1.54) is 53.9 Å². The SMILES string of the molecule is CCCC/C=C(/C#CCCCCCC)[Se]c1ccccc1. The molecule has 0 N–H and O–H groups in total. The number of benzene rings is 1. The van der Waals surface area contributed by atoms with Crippen LogP contribution in [-0.2, 0) is 0 Å². The molecule has 0 saturated heterocycles. The molecule has 0 fully saturated rings. The van der Waals surface area contributed by atoms with Crippen LogP contribution in [0.5, 0.6) is 0 Å². The summed E-state index contributed by atoms with van der Waals surface area (Å²) in [7, 11) is 0. The molecule has 0 aliphatic heterocycles. The standard InChI is InChI=1S/C20H28Se/c1-3-5-7-8-9-12-16-19(15-11-6-4-2)21-20-17-13-10-14-18-20/h10,13-15,17-18H,3-9,11H2,1-2H3/b19-15-. The van der Waals surface area contributed by atoms with Gasteiger partial charge < -0.3 is 0 Å². The molecule has 0 bridgehead atoms. The van der Waals surface area contributed by atoms with Gasteiger partial charge in [0.05, 0.1) is 0 Å². The molecule has 0 radical (unpaired) electrons. The molecule has 0 nitrogen and oxygen atoms in total. The van der Waals surface area contributed by atoms with Crippen molar-refractivity contribution in [1.29, 1.82) is 0 Å². The fraction of sp³-hybridized carbons (Fsp3) is 0.500. The van der Waals surface area contributed by atoms with E-state index in [2.05, 4.69) is 62.1 Å². The molecular formula is C20H28Se. The van der Waals surface area contributed by atoms with Crippen molar-refractivity contribution >= 4 is 19.4 Å². The summed E-state index contributed by atoms with van der Waals surface area (Å²) in [6.07, 6.45) is 12.3. The van der Waals surface area contributed by atoms with Gasteiger partial charge in [0.2, 0.25) is 0 Å². The van der Waals surface area contributed by atoms with Gasteiger partial charge >= 0.3 is 137 Å². The quantitative estimate of drug-likeness (QED) is 0.333. The molecule has 0 saturated carbocycles. The minimum absolute atomic E-state index is 0.366. The predicted octanol–water partition coefficient (Wildman–Crippen LogP) is 5.06. The summed E-state index contributed by atoms with van der Waals surface area (Å²) in [6.45, 7) is 4.50. The van der Waals surface area contributed by atoms with Crippen LogP contribution < -0.4 is 4.46 Å². The fourth-order valence-electron chi connectivity index (χ4n) is 1.96. The Labute approximate surface area is 137 Å². The summed E-state index contributed by atoms with van der Waals surface area (Å²) in [4.78, 5) is 0. The Bertz CT molecular complexity index is 448. The molecule has 0 aromatic heterocycles. The second-order valence-electron chi connectivity index (χ2n) is 5.24. The van der Waals surface area contributed by atoms with Gasteiger partial charge in [0.25, 0.3) is 0 Å². The average Bonchev–Trinajstić information content (AvgIpc) is 2.51. The summed E-state index contributed by atoms with van der Waals surface area (Å²) in [6, 6.07) is 10.8. The number of unbranched alkanes of at least 4 members (excludes halogenated alkanes) is 6. The van der Waals surface area contributed by atoms with E-state index in [-0.39, 0.29) is 0 Å². The van der Waals surface area contributed by atoms with Crippen molar-refractivity contribution in [1.82, 2.24) is 0 Å². The van der Waals surface area contributed by atoms with Crippen LogP contribution in [0, 0.1) is 11.8 Å². The summed E-state index contributed by atoms with van der Waals surface area (Å²) in [5, 5.41) is 0. The first-order chi connectivity index (χ1) is 10.4. The van der Waals surface area contributed by atoms with E-state index in [0.29, 0.717) is 15.0 Å². The van der Waals surface area contributed by atoms with Crippen LogP contribution in [-0.4, -0.2) is 15.0 Å². The van der Waals surface area contributed by atoms with Crippen molar-refractivity contribution in [3.63, 3.8) is 0 Å². The molecule has 1 rings (SSSR count). The van der Waals surface area contributed by atoms with Gasteiger partial charge in [-0.3, -0.25) is 0 Å². The first-order valence-corrected chi connectivity index (χ1v) is 10.00. The predicted molar refractivity (Wildman–Crippen MR) is 96.0 cm³/mol. The normalized spacial score (nSPS) is 11.0. The van der Waals surface area contributed by atoms with Crippen molar-refractivity contribution in [2.75, 3.05) is 0 Å². The Hall–Kier alpha value is -0.961. The average molecular weight is 347 g/mol. The maximum absolute atomic E-state index is 3.44. The van der Waals surface area contributed by atoms with Crippen molar-refractivity contribution in [2.24, 2.45) is 0 Å². The van der Waals surface area contributed by atoms with E-state index in [4.69, 9.17) is 0 Å². The van der Waals surface area contributed by atoms with E-state index < -0.39 is 0 Å². The van der Waals surface area contributed by atoms with Gasteiger partial charge in [-0.25, -0.2) is 0 Å². The first-order valence-electron chi connectivity index (χ1n) is 8.28. The summed E-state index contributed by atoms with van der Waals surface area (Å²) >= 11 is 0.366. The van der Waals surface area contributed by atoms with E-state index in [0.717, 1.165) is 6.42 Å². The Morgan fingerprint density at radius 1 is 1.00 bits per heavy atom.